The van der Waals surface area contributed by atoms with Gasteiger partial charge in [-0.2, -0.15) is 13.2 Å². The molecule has 0 bridgehead atoms. The molecule has 1 atom stereocenters. The highest BCUT2D eigenvalue weighted by Crippen LogP contribution is 2.36. The first-order valence-corrected chi connectivity index (χ1v) is 10.5. The Morgan fingerprint density at radius 1 is 1.23 bits per heavy atom. The molecule has 1 aromatic carbocycles. The molecule has 1 saturated heterocycles. The van der Waals surface area contributed by atoms with Crippen molar-refractivity contribution in [2.45, 2.75) is 29.0 Å². The Kier molecular flexibility index (Phi) is 4.85. The van der Waals surface area contributed by atoms with Gasteiger partial charge in [-0.15, -0.1) is 0 Å². The number of hydrogen-bond acceptors (Lipinski definition) is 7. The molecule has 1 unspecified atom stereocenters. The maximum absolute atomic E-state index is 13.2. The van der Waals surface area contributed by atoms with E-state index in [-0.39, 0.29) is 27.2 Å². The average Bonchev–Trinajstić information content (AvgIpc) is 3.04. The van der Waals surface area contributed by atoms with E-state index in [4.69, 9.17) is 10.5 Å². The van der Waals surface area contributed by atoms with Crippen molar-refractivity contribution >= 4 is 32.5 Å². The van der Waals surface area contributed by atoms with E-state index in [2.05, 4.69) is 15.0 Å². The van der Waals surface area contributed by atoms with Gasteiger partial charge in [-0.1, -0.05) is 0 Å². The Morgan fingerprint density at radius 2 is 1.93 bits per heavy atom. The maximum atomic E-state index is 13.2. The summed E-state index contributed by atoms with van der Waals surface area (Å²) in [6.07, 6.45) is -3.37. The van der Waals surface area contributed by atoms with E-state index in [1.165, 1.54) is 6.33 Å². The van der Waals surface area contributed by atoms with Crippen molar-refractivity contribution < 1.29 is 26.3 Å². The molecule has 1 aliphatic heterocycles. The zero-order chi connectivity index (χ0) is 21.7. The molecule has 160 valence electrons. The second-order valence-electron chi connectivity index (χ2n) is 6.94. The molecule has 0 spiro atoms. The molecule has 12 heteroatoms. The molecule has 1 aliphatic rings. The number of nitrogens with two attached hydrogens (primary N) is 1. The van der Waals surface area contributed by atoms with E-state index in [0.29, 0.717) is 43.2 Å². The summed E-state index contributed by atoms with van der Waals surface area (Å²) in [5.41, 5.74) is 5.45. The summed E-state index contributed by atoms with van der Waals surface area (Å²) in [6.45, 7) is 3.50. The monoisotopic (exact) mass is 441 g/mol. The number of morpholine rings is 1. The lowest BCUT2D eigenvalue weighted by atomic mass is 10.2. The summed E-state index contributed by atoms with van der Waals surface area (Å²) >= 11 is 0. The lowest BCUT2D eigenvalue weighted by Crippen LogP contribution is -2.41. The zero-order valence-electron chi connectivity index (χ0n) is 15.8. The Morgan fingerprint density at radius 3 is 2.57 bits per heavy atom. The fourth-order valence-corrected chi connectivity index (χ4v) is 4.93. The van der Waals surface area contributed by atoms with Crippen molar-refractivity contribution in [2.75, 3.05) is 30.3 Å². The fourth-order valence-electron chi connectivity index (χ4n) is 3.45. The standard InChI is InChI=1S/C18H18F3N5O3S/c1-10-8-26(6-7-29-10)17-14-13(23-9-24-17)15(16(22)25-14)30(27,28)12-4-2-11(3-5-12)18(19,20)21/h2-5,9-10,25H,6-8,22H2,1H3. The molecular formula is C18H18F3N5O3S. The van der Waals surface area contributed by atoms with Crippen molar-refractivity contribution in [3.63, 3.8) is 0 Å². The topological polar surface area (TPSA) is 114 Å². The van der Waals surface area contributed by atoms with Crippen LogP contribution in [0.2, 0.25) is 0 Å². The van der Waals surface area contributed by atoms with Crippen LogP contribution < -0.4 is 10.6 Å². The van der Waals surface area contributed by atoms with E-state index in [0.717, 1.165) is 12.1 Å². The predicted octanol–water partition coefficient (Wildman–Crippen LogP) is 2.62. The fraction of sp³-hybridized carbons (Fsp3) is 0.333. The summed E-state index contributed by atoms with van der Waals surface area (Å²) < 4.78 is 70.2. The maximum Gasteiger partial charge on any atom is 0.416 e. The summed E-state index contributed by atoms with van der Waals surface area (Å²) in [4.78, 5) is 12.5. The molecule has 3 N–H and O–H groups in total. The lowest BCUT2D eigenvalue weighted by molar-refractivity contribution is -0.137. The summed E-state index contributed by atoms with van der Waals surface area (Å²) in [5.74, 6) is 0.323. The van der Waals surface area contributed by atoms with Crippen LogP contribution in [0.25, 0.3) is 11.0 Å². The Balaban J connectivity index is 1.81. The molecule has 0 saturated carbocycles. The molecule has 4 rings (SSSR count). The highest BCUT2D eigenvalue weighted by molar-refractivity contribution is 7.92. The first-order chi connectivity index (χ1) is 14.1. The van der Waals surface area contributed by atoms with Crippen LogP contribution in [0, 0.1) is 0 Å². The summed E-state index contributed by atoms with van der Waals surface area (Å²) in [6, 6.07) is 3.24. The van der Waals surface area contributed by atoms with Gasteiger partial charge in [0.15, 0.2) is 5.82 Å². The highest BCUT2D eigenvalue weighted by atomic mass is 32.2. The largest absolute Gasteiger partial charge is 0.416 e. The van der Waals surface area contributed by atoms with Crippen molar-refractivity contribution in [1.29, 1.82) is 0 Å². The van der Waals surface area contributed by atoms with Crippen molar-refractivity contribution in [2.24, 2.45) is 0 Å². The van der Waals surface area contributed by atoms with Gasteiger partial charge in [-0.05, 0) is 31.2 Å². The minimum absolute atomic E-state index is 0.0357. The summed E-state index contributed by atoms with van der Waals surface area (Å²) in [5, 5.41) is 0. The van der Waals surface area contributed by atoms with Crippen LogP contribution in [0.3, 0.4) is 0 Å². The van der Waals surface area contributed by atoms with Crippen LogP contribution in [-0.2, 0) is 20.8 Å². The molecular weight excluding hydrogens is 423 g/mol. The van der Waals surface area contributed by atoms with E-state index >= 15 is 0 Å². The number of anilines is 2. The Bertz CT molecular complexity index is 1190. The smallest absolute Gasteiger partial charge is 0.384 e. The molecule has 8 nitrogen and oxygen atoms in total. The minimum Gasteiger partial charge on any atom is -0.384 e. The summed E-state index contributed by atoms with van der Waals surface area (Å²) in [7, 11) is -4.23. The number of nitrogen functional groups attached to an aromatic ring is 1. The third kappa shape index (κ3) is 3.45. The molecule has 1 fully saturated rings. The number of ether oxygens (including phenoxy) is 1. The van der Waals surface area contributed by atoms with Gasteiger partial charge >= 0.3 is 6.18 Å². The number of fused-ring (bicyclic) bond motifs is 1. The number of aromatic amines is 1. The number of H-pyrrole nitrogens is 1. The van der Waals surface area contributed by atoms with E-state index in [1.54, 1.807) is 0 Å². The van der Waals surface area contributed by atoms with Gasteiger partial charge in [-0.25, -0.2) is 18.4 Å². The number of hydrogen-bond donors (Lipinski definition) is 2. The van der Waals surface area contributed by atoms with Crippen LogP contribution in [0.15, 0.2) is 40.4 Å². The third-order valence-electron chi connectivity index (χ3n) is 4.85. The van der Waals surface area contributed by atoms with Crippen LogP contribution in [0.1, 0.15) is 12.5 Å². The van der Waals surface area contributed by atoms with Gasteiger partial charge in [0.25, 0.3) is 0 Å². The van der Waals surface area contributed by atoms with Crippen LogP contribution in [0.5, 0.6) is 0 Å². The van der Waals surface area contributed by atoms with Crippen LogP contribution in [0.4, 0.5) is 24.8 Å². The van der Waals surface area contributed by atoms with Crippen LogP contribution >= 0.6 is 0 Å². The zero-order valence-corrected chi connectivity index (χ0v) is 16.6. The first-order valence-electron chi connectivity index (χ1n) is 9.00. The molecule has 3 aromatic rings. The molecule has 2 aromatic heterocycles. The second kappa shape index (κ2) is 7.13. The number of alkyl halides is 3. The SMILES string of the molecule is CC1CN(c2ncnc3c(S(=O)(=O)c4ccc(C(F)(F)F)cc4)c(N)[nH]c23)CCO1. The number of aromatic nitrogens is 3. The van der Waals surface area contributed by atoms with Gasteiger partial charge in [0, 0.05) is 13.1 Å². The molecule has 30 heavy (non-hydrogen) atoms. The quantitative estimate of drug-likeness (QED) is 0.642. The number of sulfone groups is 1. The number of rotatable bonds is 3. The number of nitrogens with zero attached hydrogens (tertiary/aromatic N) is 3. The first kappa shape index (κ1) is 20.4. The normalized spacial score (nSPS) is 18.1. The lowest BCUT2D eigenvalue weighted by Gasteiger charge is -2.32. The van der Waals surface area contributed by atoms with Gasteiger partial charge < -0.3 is 20.4 Å². The van der Waals surface area contributed by atoms with E-state index < -0.39 is 21.6 Å². The van der Waals surface area contributed by atoms with Crippen molar-refractivity contribution in [1.82, 2.24) is 15.0 Å². The molecule has 0 amide bonds. The van der Waals surface area contributed by atoms with Gasteiger partial charge in [0.2, 0.25) is 9.84 Å². The van der Waals surface area contributed by atoms with Gasteiger partial charge in [0.05, 0.1) is 23.2 Å². The number of benzene rings is 1. The highest BCUT2D eigenvalue weighted by Gasteiger charge is 2.33. The third-order valence-corrected chi connectivity index (χ3v) is 6.69. The molecule has 3 heterocycles. The average molecular weight is 441 g/mol. The number of halogens is 3. The van der Waals surface area contributed by atoms with Gasteiger partial charge in [-0.3, -0.25) is 0 Å². The molecule has 0 aliphatic carbocycles. The van der Waals surface area contributed by atoms with E-state index in [1.807, 2.05) is 11.8 Å². The van der Waals surface area contributed by atoms with Crippen molar-refractivity contribution in [3.8, 4) is 0 Å². The Labute approximate surface area is 169 Å². The second-order valence-corrected chi connectivity index (χ2v) is 8.83. The van der Waals surface area contributed by atoms with E-state index in [9.17, 15) is 21.6 Å². The van der Waals surface area contributed by atoms with Gasteiger partial charge in [0.1, 0.15) is 28.1 Å². The minimum atomic E-state index is -4.57. The van der Waals surface area contributed by atoms with Crippen molar-refractivity contribution in [3.05, 3.63) is 36.2 Å². The van der Waals surface area contributed by atoms with Crippen LogP contribution in [-0.4, -0.2) is 49.2 Å². The molecule has 0 radical (unpaired) electrons. The Hall–Kier alpha value is -2.86. The number of nitrogens with one attached hydrogen (secondary N) is 1. The predicted molar refractivity (Wildman–Crippen MR) is 103 cm³/mol.